The first-order chi connectivity index (χ1) is 16.6. The Labute approximate surface area is 209 Å². The molecule has 0 saturated heterocycles. The van der Waals surface area contributed by atoms with E-state index in [9.17, 15) is 4.79 Å². The lowest BCUT2D eigenvalue weighted by Gasteiger charge is -2.36. The van der Waals surface area contributed by atoms with Crippen LogP contribution < -0.4 is 0 Å². The van der Waals surface area contributed by atoms with Gasteiger partial charge in [0.2, 0.25) is 0 Å². The van der Waals surface area contributed by atoms with Crippen LogP contribution in [0.4, 0.5) is 0 Å². The standard InChI is InChI=1S/C28H35N3O3Si/c1-7-33-27(32)25-26-22(17-18-34-35(5,6)28(2,3)4)30-24(20-13-9-8-10-14-20)21-15-11-12-16-23(21)31(26)19-29-25/h8-16,19,22H,7,17-18H2,1-6H3. The van der Waals surface area contributed by atoms with Crippen molar-refractivity contribution in [2.75, 3.05) is 13.2 Å². The van der Waals surface area contributed by atoms with E-state index in [-0.39, 0.29) is 11.1 Å². The van der Waals surface area contributed by atoms with Crippen molar-refractivity contribution in [3.05, 3.63) is 83.4 Å². The van der Waals surface area contributed by atoms with Crippen LogP contribution in [0, 0.1) is 0 Å². The average Bonchev–Trinajstić information content (AvgIpc) is 3.21. The second-order valence-electron chi connectivity index (χ2n) is 10.3. The number of fused-ring (bicyclic) bond motifs is 3. The number of benzene rings is 2. The van der Waals surface area contributed by atoms with E-state index in [0.29, 0.717) is 25.3 Å². The normalized spacial score (nSPS) is 15.6. The number of carbonyl (C=O) groups is 1. The fourth-order valence-corrected chi connectivity index (χ4v) is 5.13. The lowest BCUT2D eigenvalue weighted by Crippen LogP contribution is -2.41. The molecule has 0 N–H and O–H groups in total. The molecule has 1 aromatic heterocycles. The Balaban J connectivity index is 1.83. The summed E-state index contributed by atoms with van der Waals surface area (Å²) in [5.74, 6) is -0.424. The maximum absolute atomic E-state index is 12.9. The number of esters is 1. The molecule has 1 atom stereocenters. The molecule has 6 nitrogen and oxygen atoms in total. The number of carbonyl (C=O) groups excluding carboxylic acids is 1. The van der Waals surface area contributed by atoms with Crippen molar-refractivity contribution in [2.45, 2.75) is 58.3 Å². The van der Waals surface area contributed by atoms with E-state index < -0.39 is 14.3 Å². The largest absolute Gasteiger partial charge is 0.461 e. The number of nitrogens with zero attached hydrogens (tertiary/aromatic N) is 3. The molecular weight excluding hydrogens is 454 g/mol. The Morgan fingerprint density at radius 3 is 2.43 bits per heavy atom. The van der Waals surface area contributed by atoms with Gasteiger partial charge in [-0.05, 0) is 37.5 Å². The SMILES string of the molecule is CCOC(=O)c1ncn2c1C(CCO[Si](C)(C)C(C)(C)C)N=C(c1ccccc1)c1ccccc1-2. The Hall–Kier alpha value is -3.03. The molecule has 1 aliphatic heterocycles. The van der Waals surface area contributed by atoms with E-state index in [4.69, 9.17) is 14.2 Å². The summed E-state index contributed by atoms with van der Waals surface area (Å²) < 4.78 is 13.9. The van der Waals surface area contributed by atoms with E-state index in [2.05, 4.69) is 57.0 Å². The zero-order valence-electron chi connectivity index (χ0n) is 21.5. The van der Waals surface area contributed by atoms with Crippen molar-refractivity contribution < 1.29 is 14.0 Å². The van der Waals surface area contributed by atoms with Gasteiger partial charge < -0.3 is 9.16 Å². The molecule has 0 spiro atoms. The first-order valence-corrected chi connectivity index (χ1v) is 15.2. The van der Waals surface area contributed by atoms with Crippen molar-refractivity contribution in [3.8, 4) is 5.69 Å². The first-order valence-electron chi connectivity index (χ1n) is 12.3. The highest BCUT2D eigenvalue weighted by Gasteiger charge is 2.38. The van der Waals surface area contributed by atoms with Crippen molar-refractivity contribution in [2.24, 2.45) is 4.99 Å². The van der Waals surface area contributed by atoms with E-state index >= 15 is 0 Å². The summed E-state index contributed by atoms with van der Waals surface area (Å²) >= 11 is 0. The van der Waals surface area contributed by atoms with Gasteiger partial charge in [0.1, 0.15) is 6.33 Å². The minimum Gasteiger partial charge on any atom is -0.461 e. The number of rotatable bonds is 7. The summed E-state index contributed by atoms with van der Waals surface area (Å²) in [5.41, 5.74) is 4.95. The molecule has 4 rings (SSSR count). The summed E-state index contributed by atoms with van der Waals surface area (Å²) in [7, 11) is -1.93. The Kier molecular flexibility index (Phi) is 7.10. The van der Waals surface area contributed by atoms with Gasteiger partial charge in [-0.2, -0.15) is 0 Å². The number of para-hydroxylation sites is 1. The topological polar surface area (TPSA) is 65.7 Å². The Morgan fingerprint density at radius 1 is 1.06 bits per heavy atom. The summed E-state index contributed by atoms with van der Waals surface area (Å²) in [6.07, 6.45) is 2.35. The predicted molar refractivity (Wildman–Crippen MR) is 142 cm³/mol. The minimum absolute atomic E-state index is 0.114. The number of imidazole rings is 1. The molecule has 0 fully saturated rings. The molecule has 0 bridgehead atoms. The van der Waals surface area contributed by atoms with Crippen molar-refractivity contribution in [1.82, 2.24) is 9.55 Å². The first kappa shape index (κ1) is 25.1. The smallest absolute Gasteiger partial charge is 0.358 e. The second-order valence-corrected chi connectivity index (χ2v) is 15.2. The third-order valence-corrected chi connectivity index (χ3v) is 11.5. The van der Waals surface area contributed by atoms with Crippen LogP contribution in [0.3, 0.4) is 0 Å². The van der Waals surface area contributed by atoms with Crippen LogP contribution in [0.5, 0.6) is 0 Å². The fourth-order valence-electron chi connectivity index (χ4n) is 4.06. The fraction of sp³-hybridized carbons (Fsp3) is 0.393. The molecule has 1 unspecified atom stereocenters. The van der Waals surface area contributed by atoms with Crippen LogP contribution in [-0.4, -0.2) is 42.8 Å². The van der Waals surface area contributed by atoms with Gasteiger partial charge in [-0.1, -0.05) is 69.3 Å². The second kappa shape index (κ2) is 9.91. The van der Waals surface area contributed by atoms with E-state index in [1.54, 1.807) is 13.3 Å². The van der Waals surface area contributed by atoms with E-state index in [0.717, 1.165) is 28.2 Å². The van der Waals surface area contributed by atoms with Crippen LogP contribution in [-0.2, 0) is 9.16 Å². The number of aromatic nitrogens is 2. The van der Waals surface area contributed by atoms with Gasteiger partial charge in [0.25, 0.3) is 0 Å². The molecular formula is C28H35N3O3Si. The van der Waals surface area contributed by atoms with E-state index in [1.807, 2.05) is 41.0 Å². The highest BCUT2D eigenvalue weighted by Crippen LogP contribution is 2.38. The number of hydrogen-bond acceptors (Lipinski definition) is 5. The molecule has 1 aliphatic rings. The quantitative estimate of drug-likeness (QED) is 0.286. The van der Waals surface area contributed by atoms with Crippen LogP contribution >= 0.6 is 0 Å². The van der Waals surface area contributed by atoms with E-state index in [1.165, 1.54) is 0 Å². The summed E-state index contributed by atoms with van der Waals surface area (Å²) in [6.45, 7) is 13.9. The van der Waals surface area contributed by atoms with Gasteiger partial charge in [-0.15, -0.1) is 0 Å². The zero-order valence-corrected chi connectivity index (χ0v) is 22.5. The molecule has 184 valence electrons. The molecule has 35 heavy (non-hydrogen) atoms. The molecule has 3 aromatic rings. The van der Waals surface area contributed by atoms with Gasteiger partial charge in [0.15, 0.2) is 14.0 Å². The lowest BCUT2D eigenvalue weighted by atomic mass is 10.0. The van der Waals surface area contributed by atoms with Gasteiger partial charge in [0, 0.05) is 17.7 Å². The van der Waals surface area contributed by atoms with Crippen molar-refractivity contribution in [1.29, 1.82) is 0 Å². The van der Waals surface area contributed by atoms with Gasteiger partial charge in [0.05, 0.1) is 29.7 Å². The number of aliphatic imine (C=N–C) groups is 1. The molecule has 0 saturated carbocycles. The number of ether oxygens (including phenoxy) is 1. The summed E-state index contributed by atoms with van der Waals surface area (Å²) in [6, 6.07) is 18.0. The average molecular weight is 490 g/mol. The third-order valence-electron chi connectivity index (χ3n) is 7.00. The van der Waals surface area contributed by atoms with Crippen molar-refractivity contribution >= 4 is 20.0 Å². The van der Waals surface area contributed by atoms with Gasteiger partial charge in [-0.3, -0.25) is 9.56 Å². The zero-order chi connectivity index (χ0) is 25.2. The summed E-state index contributed by atoms with van der Waals surface area (Å²) in [4.78, 5) is 22.6. The molecule has 2 aromatic carbocycles. The number of hydrogen-bond donors (Lipinski definition) is 0. The third kappa shape index (κ3) is 5.02. The van der Waals surface area contributed by atoms with Gasteiger partial charge in [-0.25, -0.2) is 9.78 Å². The molecule has 0 radical (unpaired) electrons. The summed E-state index contributed by atoms with van der Waals surface area (Å²) in [5, 5.41) is 0.114. The monoisotopic (exact) mass is 489 g/mol. The van der Waals surface area contributed by atoms with Crippen LogP contribution in [0.2, 0.25) is 18.1 Å². The molecule has 0 aliphatic carbocycles. The maximum Gasteiger partial charge on any atom is 0.358 e. The molecule has 2 heterocycles. The van der Waals surface area contributed by atoms with Crippen LogP contribution in [0.25, 0.3) is 5.69 Å². The highest BCUT2D eigenvalue weighted by atomic mass is 28.4. The lowest BCUT2D eigenvalue weighted by molar-refractivity contribution is 0.0517. The van der Waals surface area contributed by atoms with Crippen LogP contribution in [0.15, 0.2) is 65.9 Å². The molecule has 7 heteroatoms. The Morgan fingerprint density at radius 2 is 1.74 bits per heavy atom. The highest BCUT2D eigenvalue weighted by molar-refractivity contribution is 6.74. The predicted octanol–water partition coefficient (Wildman–Crippen LogP) is 6.35. The minimum atomic E-state index is -1.93. The molecule has 0 amide bonds. The van der Waals surface area contributed by atoms with Crippen LogP contribution in [0.1, 0.15) is 67.5 Å². The van der Waals surface area contributed by atoms with Crippen molar-refractivity contribution in [3.63, 3.8) is 0 Å². The Bertz CT molecular complexity index is 1230. The maximum atomic E-state index is 12.9. The van der Waals surface area contributed by atoms with Gasteiger partial charge >= 0.3 is 5.97 Å².